The van der Waals surface area contributed by atoms with Gasteiger partial charge in [0.15, 0.2) is 0 Å². The number of allylic oxidation sites excluding steroid dienone is 2. The fourth-order valence-electron chi connectivity index (χ4n) is 4.55. The molecule has 90 valence electrons. The highest BCUT2D eigenvalue weighted by Gasteiger charge is 2.74. The molecule has 2 heteroatoms. The van der Waals surface area contributed by atoms with Gasteiger partial charge in [-0.15, -0.1) is 0 Å². The summed E-state index contributed by atoms with van der Waals surface area (Å²) in [4.78, 5) is 0. The van der Waals surface area contributed by atoms with E-state index in [0.717, 1.165) is 17.8 Å². The van der Waals surface area contributed by atoms with Crippen molar-refractivity contribution in [1.82, 2.24) is 0 Å². The highest BCUT2D eigenvalue weighted by atomic mass is 28.3. The molecular weight excluding hydrogens is 212 g/mol. The van der Waals surface area contributed by atoms with Crippen LogP contribution in [0.5, 0.6) is 0 Å². The molecule has 3 aliphatic carbocycles. The second-order valence-electron chi connectivity index (χ2n) is 7.39. The molecule has 2 fully saturated rings. The molecule has 0 saturated heterocycles. The van der Waals surface area contributed by atoms with Crippen molar-refractivity contribution in [3.63, 3.8) is 0 Å². The van der Waals surface area contributed by atoms with Gasteiger partial charge in [0.1, 0.15) is 0 Å². The van der Waals surface area contributed by atoms with E-state index in [1.165, 1.54) is 18.9 Å². The van der Waals surface area contributed by atoms with Crippen molar-refractivity contribution in [2.75, 3.05) is 6.61 Å². The van der Waals surface area contributed by atoms with Crippen molar-refractivity contribution in [1.29, 1.82) is 0 Å². The first-order valence-corrected chi connectivity index (χ1v) is 10.5. The summed E-state index contributed by atoms with van der Waals surface area (Å²) in [5.74, 6) is 3.13. The minimum absolute atomic E-state index is 0.425. The SMILES string of the molecule is C[Si](C)(C)CCC12[C@H]3[C@H](CO)C[C@@H]1C=C[C@H]32. The topological polar surface area (TPSA) is 20.2 Å². The van der Waals surface area contributed by atoms with Gasteiger partial charge >= 0.3 is 0 Å². The van der Waals surface area contributed by atoms with Gasteiger partial charge < -0.3 is 5.11 Å². The zero-order chi connectivity index (χ0) is 11.6. The molecule has 16 heavy (non-hydrogen) atoms. The molecule has 0 bridgehead atoms. The van der Waals surface area contributed by atoms with Gasteiger partial charge in [-0.25, -0.2) is 0 Å². The fraction of sp³-hybridized carbons (Fsp3) is 0.857. The van der Waals surface area contributed by atoms with Crippen LogP contribution in [0.4, 0.5) is 0 Å². The summed E-state index contributed by atoms with van der Waals surface area (Å²) in [7, 11) is -0.899. The fourth-order valence-corrected chi connectivity index (χ4v) is 5.73. The van der Waals surface area contributed by atoms with Crippen molar-refractivity contribution in [2.45, 2.75) is 38.5 Å². The van der Waals surface area contributed by atoms with Crippen molar-refractivity contribution in [3.8, 4) is 0 Å². The van der Waals surface area contributed by atoms with Crippen LogP contribution in [-0.4, -0.2) is 19.8 Å². The second kappa shape index (κ2) is 3.23. The molecule has 0 aromatic rings. The van der Waals surface area contributed by atoms with Gasteiger partial charge in [-0.1, -0.05) is 37.8 Å². The molecule has 2 saturated carbocycles. The highest BCUT2D eigenvalue weighted by molar-refractivity contribution is 6.76. The largest absolute Gasteiger partial charge is 0.396 e. The molecule has 0 amide bonds. The average molecular weight is 236 g/mol. The third-order valence-corrected chi connectivity index (χ3v) is 7.12. The molecule has 0 aliphatic heterocycles. The zero-order valence-corrected chi connectivity index (χ0v) is 11.7. The van der Waals surface area contributed by atoms with E-state index in [2.05, 4.69) is 31.8 Å². The van der Waals surface area contributed by atoms with Crippen LogP contribution in [0, 0.1) is 29.1 Å². The van der Waals surface area contributed by atoms with Gasteiger partial charge in [0.2, 0.25) is 0 Å². The Labute approximate surface area is 100.0 Å². The number of hydrogen-bond donors (Lipinski definition) is 1. The van der Waals surface area contributed by atoms with Crippen LogP contribution in [0.2, 0.25) is 25.7 Å². The smallest absolute Gasteiger partial charge is 0.0462 e. The van der Waals surface area contributed by atoms with E-state index < -0.39 is 8.07 Å². The van der Waals surface area contributed by atoms with E-state index in [4.69, 9.17) is 0 Å². The average Bonchev–Trinajstić information content (AvgIpc) is 2.64. The number of hydrogen-bond acceptors (Lipinski definition) is 1. The van der Waals surface area contributed by atoms with Crippen molar-refractivity contribution < 1.29 is 5.11 Å². The molecule has 3 rings (SSSR count). The van der Waals surface area contributed by atoms with Gasteiger partial charge in [0.05, 0.1) is 0 Å². The van der Waals surface area contributed by atoms with Gasteiger partial charge in [-0.3, -0.25) is 0 Å². The number of fused-ring (bicyclic) bond motifs is 1. The van der Waals surface area contributed by atoms with Gasteiger partial charge in [0.25, 0.3) is 0 Å². The lowest BCUT2D eigenvalue weighted by Gasteiger charge is -2.23. The summed E-state index contributed by atoms with van der Waals surface area (Å²) >= 11 is 0. The summed E-state index contributed by atoms with van der Waals surface area (Å²) in [6.45, 7) is 7.87. The van der Waals surface area contributed by atoms with Crippen LogP contribution in [0.15, 0.2) is 12.2 Å². The van der Waals surface area contributed by atoms with Crippen LogP contribution in [0.25, 0.3) is 0 Å². The monoisotopic (exact) mass is 236 g/mol. The summed E-state index contributed by atoms with van der Waals surface area (Å²) in [6.07, 6.45) is 7.63. The first kappa shape index (κ1) is 11.0. The molecule has 1 nitrogen and oxygen atoms in total. The molecule has 1 unspecified atom stereocenters. The Morgan fingerprint density at radius 3 is 2.62 bits per heavy atom. The maximum Gasteiger partial charge on any atom is 0.0462 e. The Hall–Kier alpha value is -0.0831. The molecule has 1 N–H and O–H groups in total. The summed E-state index contributed by atoms with van der Waals surface area (Å²) in [5, 5.41) is 9.45. The van der Waals surface area contributed by atoms with Crippen molar-refractivity contribution in [3.05, 3.63) is 12.2 Å². The molecule has 0 heterocycles. The molecular formula is C14H24OSi. The number of rotatable bonds is 4. The molecule has 0 radical (unpaired) electrons. The van der Waals surface area contributed by atoms with Crippen molar-refractivity contribution in [2.24, 2.45) is 29.1 Å². The van der Waals surface area contributed by atoms with Crippen LogP contribution < -0.4 is 0 Å². The molecule has 0 aromatic heterocycles. The predicted molar refractivity (Wildman–Crippen MR) is 70.0 cm³/mol. The molecule has 3 aliphatic rings. The lowest BCUT2D eigenvalue weighted by molar-refractivity contribution is 0.208. The Balaban J connectivity index is 1.73. The van der Waals surface area contributed by atoms with Gasteiger partial charge in [-0.2, -0.15) is 0 Å². The first-order valence-electron chi connectivity index (χ1n) is 6.78. The Morgan fingerprint density at radius 1 is 1.31 bits per heavy atom. The number of aliphatic hydroxyl groups is 1. The summed E-state index contributed by atoms with van der Waals surface area (Å²) < 4.78 is 0. The normalized spacial score (nSPS) is 48.5. The predicted octanol–water partition coefficient (Wildman–Crippen LogP) is 3.15. The van der Waals surface area contributed by atoms with Crippen LogP contribution in [0.1, 0.15) is 12.8 Å². The molecule has 5 atom stereocenters. The molecule has 0 spiro atoms. The first-order chi connectivity index (χ1) is 7.49. The zero-order valence-electron chi connectivity index (χ0n) is 10.7. The minimum atomic E-state index is -0.899. The van der Waals surface area contributed by atoms with Crippen molar-refractivity contribution >= 4 is 8.07 Å². The van der Waals surface area contributed by atoms with E-state index in [1.807, 2.05) is 0 Å². The summed E-state index contributed by atoms with van der Waals surface area (Å²) in [6, 6.07) is 1.47. The van der Waals surface area contributed by atoms with Crippen LogP contribution in [0.3, 0.4) is 0 Å². The van der Waals surface area contributed by atoms with E-state index in [9.17, 15) is 5.11 Å². The highest BCUT2D eigenvalue weighted by Crippen LogP contribution is 2.78. The van der Waals surface area contributed by atoms with Gasteiger partial charge in [0, 0.05) is 14.7 Å². The Morgan fingerprint density at radius 2 is 2.06 bits per heavy atom. The maximum atomic E-state index is 9.45. The quantitative estimate of drug-likeness (QED) is 0.587. The second-order valence-corrected chi connectivity index (χ2v) is 13.0. The Bertz CT molecular complexity index is 330. The van der Waals surface area contributed by atoms with E-state index >= 15 is 0 Å². The lowest BCUT2D eigenvalue weighted by Crippen LogP contribution is -2.22. The van der Waals surface area contributed by atoms with Crippen LogP contribution in [-0.2, 0) is 0 Å². The van der Waals surface area contributed by atoms with E-state index in [-0.39, 0.29) is 0 Å². The van der Waals surface area contributed by atoms with Gasteiger partial charge in [-0.05, 0) is 41.9 Å². The number of aliphatic hydroxyl groups excluding tert-OH is 1. The lowest BCUT2D eigenvalue weighted by atomic mass is 9.89. The molecule has 0 aromatic carbocycles. The maximum absolute atomic E-state index is 9.45. The standard InChI is InChI=1S/C14H24OSi/c1-16(2,3)7-6-14-11-4-5-12(14)13(14)10(8-11)9-15/h4-5,10-13,15H,6-9H2,1-3H3/t10-,11-,12+,13-,14?/m0/s1. The third-order valence-electron chi connectivity index (χ3n) is 5.37. The van der Waals surface area contributed by atoms with Crippen LogP contribution >= 0.6 is 0 Å². The van der Waals surface area contributed by atoms with E-state index in [1.54, 1.807) is 0 Å². The minimum Gasteiger partial charge on any atom is -0.396 e. The third kappa shape index (κ3) is 1.32. The Kier molecular flexibility index (Phi) is 2.23. The van der Waals surface area contributed by atoms with E-state index in [0.29, 0.717) is 17.9 Å². The summed E-state index contributed by atoms with van der Waals surface area (Å²) in [5.41, 5.74) is 0.633.